The number of methoxy groups -OCH3 is 2. The molecule has 8 heteroatoms. The molecule has 0 unspecified atom stereocenters. The van der Waals surface area contributed by atoms with Gasteiger partial charge in [-0.25, -0.2) is 0 Å². The van der Waals surface area contributed by atoms with Crippen molar-refractivity contribution >= 4 is 5.82 Å². The van der Waals surface area contributed by atoms with Gasteiger partial charge in [0, 0.05) is 11.6 Å². The van der Waals surface area contributed by atoms with Crippen LogP contribution in [0.1, 0.15) is 11.7 Å². The van der Waals surface area contributed by atoms with Gasteiger partial charge in [0.1, 0.15) is 5.76 Å². The summed E-state index contributed by atoms with van der Waals surface area (Å²) in [5, 5.41) is 14.9. The first-order chi connectivity index (χ1) is 11.2. The van der Waals surface area contributed by atoms with Gasteiger partial charge < -0.3 is 23.7 Å². The number of aryl methyl sites for hydroxylation is 1. The first-order valence-electron chi connectivity index (χ1n) is 6.91. The number of nitrogens with zero attached hydrogens (tertiary/aromatic N) is 3. The zero-order chi connectivity index (χ0) is 16.2. The molecule has 120 valence electrons. The van der Waals surface area contributed by atoms with E-state index < -0.39 is 0 Å². The van der Waals surface area contributed by atoms with Crippen molar-refractivity contribution in [3.8, 4) is 23.0 Å². The summed E-state index contributed by atoms with van der Waals surface area (Å²) in [5.74, 6) is 3.42. The predicted molar refractivity (Wildman–Crippen MR) is 81.4 cm³/mol. The van der Waals surface area contributed by atoms with Gasteiger partial charge in [0.05, 0.1) is 20.8 Å². The lowest BCUT2D eigenvalue weighted by atomic mass is 10.2. The van der Waals surface area contributed by atoms with Gasteiger partial charge in [-0.3, -0.25) is 0 Å². The SMILES string of the molecule is COc1ccc(-c2nnc(CNc3cc(C)on3)o2)cc1OC. The molecule has 0 aliphatic carbocycles. The minimum atomic E-state index is 0.353. The van der Waals surface area contributed by atoms with Crippen molar-refractivity contribution in [3.05, 3.63) is 35.9 Å². The highest BCUT2D eigenvalue weighted by Crippen LogP contribution is 2.31. The molecule has 23 heavy (non-hydrogen) atoms. The number of anilines is 1. The molecular formula is C15H16N4O4. The van der Waals surface area contributed by atoms with Crippen LogP contribution in [0.15, 0.2) is 33.2 Å². The molecule has 2 heterocycles. The molecular weight excluding hydrogens is 300 g/mol. The van der Waals surface area contributed by atoms with E-state index in [1.165, 1.54) is 0 Å². The number of nitrogens with one attached hydrogen (secondary N) is 1. The van der Waals surface area contributed by atoms with Crippen molar-refractivity contribution in [2.24, 2.45) is 0 Å². The molecule has 1 aromatic carbocycles. The quantitative estimate of drug-likeness (QED) is 0.741. The topological polar surface area (TPSA) is 95.4 Å². The Morgan fingerprint density at radius 2 is 1.91 bits per heavy atom. The third-order valence-corrected chi connectivity index (χ3v) is 3.15. The molecule has 0 spiro atoms. The van der Waals surface area contributed by atoms with Crippen LogP contribution in [0.5, 0.6) is 11.5 Å². The summed E-state index contributed by atoms with van der Waals surface area (Å²) in [5.41, 5.74) is 0.749. The van der Waals surface area contributed by atoms with Gasteiger partial charge in [0.2, 0.25) is 11.8 Å². The van der Waals surface area contributed by atoms with Crippen molar-refractivity contribution < 1.29 is 18.4 Å². The predicted octanol–water partition coefficient (Wildman–Crippen LogP) is 2.66. The number of ether oxygens (including phenoxy) is 2. The fourth-order valence-corrected chi connectivity index (χ4v) is 2.03. The maximum absolute atomic E-state index is 5.63. The van der Waals surface area contributed by atoms with E-state index in [1.54, 1.807) is 32.4 Å². The Hall–Kier alpha value is -3.03. The van der Waals surface area contributed by atoms with Gasteiger partial charge in [0.15, 0.2) is 17.3 Å². The minimum absolute atomic E-state index is 0.353. The Morgan fingerprint density at radius 1 is 1.09 bits per heavy atom. The zero-order valence-electron chi connectivity index (χ0n) is 13.0. The lowest BCUT2D eigenvalue weighted by Crippen LogP contribution is -1.99. The minimum Gasteiger partial charge on any atom is -0.493 e. The number of hydrogen-bond donors (Lipinski definition) is 1. The summed E-state index contributed by atoms with van der Waals surface area (Å²) in [6, 6.07) is 7.18. The molecule has 3 aromatic rings. The van der Waals surface area contributed by atoms with Crippen LogP contribution >= 0.6 is 0 Å². The van der Waals surface area contributed by atoms with Crippen LogP contribution in [-0.4, -0.2) is 29.6 Å². The Labute approximate surface area is 132 Å². The Kier molecular flexibility index (Phi) is 4.13. The molecule has 0 bridgehead atoms. The van der Waals surface area contributed by atoms with E-state index in [0.717, 1.165) is 11.3 Å². The van der Waals surface area contributed by atoms with Crippen molar-refractivity contribution in [2.45, 2.75) is 13.5 Å². The zero-order valence-corrected chi connectivity index (χ0v) is 13.0. The summed E-state index contributed by atoms with van der Waals surface area (Å²) < 4.78 is 21.1. The number of hydrogen-bond acceptors (Lipinski definition) is 8. The molecule has 0 amide bonds. The van der Waals surface area contributed by atoms with Crippen LogP contribution in [-0.2, 0) is 6.54 Å². The highest BCUT2D eigenvalue weighted by Gasteiger charge is 2.12. The Balaban J connectivity index is 1.73. The van der Waals surface area contributed by atoms with Crippen molar-refractivity contribution in [1.82, 2.24) is 15.4 Å². The molecule has 0 saturated carbocycles. The van der Waals surface area contributed by atoms with E-state index in [-0.39, 0.29) is 0 Å². The average Bonchev–Trinajstić information content (AvgIpc) is 3.21. The number of aromatic nitrogens is 3. The van der Waals surface area contributed by atoms with Crippen LogP contribution < -0.4 is 14.8 Å². The van der Waals surface area contributed by atoms with Crippen LogP contribution in [0.4, 0.5) is 5.82 Å². The molecule has 2 aromatic heterocycles. The van der Waals surface area contributed by atoms with Gasteiger partial charge in [-0.05, 0) is 25.1 Å². The summed E-state index contributed by atoms with van der Waals surface area (Å²) >= 11 is 0. The Bertz CT molecular complexity index is 796. The van der Waals surface area contributed by atoms with Gasteiger partial charge in [-0.1, -0.05) is 5.16 Å². The molecule has 0 saturated heterocycles. The molecule has 0 aliphatic rings. The molecule has 0 fully saturated rings. The maximum Gasteiger partial charge on any atom is 0.247 e. The highest BCUT2D eigenvalue weighted by atomic mass is 16.5. The van der Waals surface area contributed by atoms with Gasteiger partial charge in [-0.2, -0.15) is 0 Å². The van der Waals surface area contributed by atoms with Gasteiger partial charge in [0.25, 0.3) is 0 Å². The molecule has 0 atom stereocenters. The molecule has 3 rings (SSSR count). The van der Waals surface area contributed by atoms with Gasteiger partial charge >= 0.3 is 0 Å². The van der Waals surface area contributed by atoms with Crippen LogP contribution in [0, 0.1) is 6.92 Å². The van der Waals surface area contributed by atoms with E-state index in [2.05, 4.69) is 20.7 Å². The lowest BCUT2D eigenvalue weighted by molar-refractivity contribution is 0.355. The summed E-state index contributed by atoms with van der Waals surface area (Å²) in [4.78, 5) is 0. The highest BCUT2D eigenvalue weighted by molar-refractivity contribution is 5.59. The lowest BCUT2D eigenvalue weighted by Gasteiger charge is -2.07. The molecule has 8 nitrogen and oxygen atoms in total. The standard InChI is InChI=1S/C15H16N4O4/c1-9-6-13(19-23-9)16-8-14-17-18-15(22-14)10-4-5-11(20-2)12(7-10)21-3/h4-7H,8H2,1-3H3,(H,16,19). The van der Waals surface area contributed by atoms with E-state index >= 15 is 0 Å². The molecule has 1 N–H and O–H groups in total. The second-order valence-electron chi connectivity index (χ2n) is 4.75. The van der Waals surface area contributed by atoms with E-state index in [1.807, 2.05) is 13.0 Å². The average molecular weight is 316 g/mol. The van der Waals surface area contributed by atoms with E-state index in [0.29, 0.717) is 35.6 Å². The smallest absolute Gasteiger partial charge is 0.247 e. The van der Waals surface area contributed by atoms with Gasteiger partial charge in [-0.15, -0.1) is 10.2 Å². The van der Waals surface area contributed by atoms with E-state index in [4.69, 9.17) is 18.4 Å². The maximum atomic E-state index is 5.63. The molecule has 0 aliphatic heterocycles. The number of benzene rings is 1. The summed E-state index contributed by atoms with van der Waals surface area (Å²) in [6.45, 7) is 2.17. The van der Waals surface area contributed by atoms with Crippen molar-refractivity contribution in [1.29, 1.82) is 0 Å². The van der Waals surface area contributed by atoms with E-state index in [9.17, 15) is 0 Å². The summed E-state index contributed by atoms with van der Waals surface area (Å²) in [6.07, 6.45) is 0. The summed E-state index contributed by atoms with van der Waals surface area (Å²) in [7, 11) is 3.16. The second kappa shape index (κ2) is 6.39. The first-order valence-corrected chi connectivity index (χ1v) is 6.91. The van der Waals surface area contributed by atoms with Crippen LogP contribution in [0.25, 0.3) is 11.5 Å². The fourth-order valence-electron chi connectivity index (χ4n) is 2.03. The van der Waals surface area contributed by atoms with Crippen molar-refractivity contribution in [2.75, 3.05) is 19.5 Å². The largest absolute Gasteiger partial charge is 0.493 e. The third-order valence-electron chi connectivity index (χ3n) is 3.15. The van der Waals surface area contributed by atoms with Crippen molar-refractivity contribution in [3.63, 3.8) is 0 Å². The first kappa shape index (κ1) is 14.9. The third kappa shape index (κ3) is 3.25. The molecule has 0 radical (unpaired) electrons. The fraction of sp³-hybridized carbons (Fsp3) is 0.267. The van der Waals surface area contributed by atoms with Crippen LogP contribution in [0.3, 0.4) is 0 Å². The van der Waals surface area contributed by atoms with Crippen LogP contribution in [0.2, 0.25) is 0 Å². The monoisotopic (exact) mass is 316 g/mol. The normalized spacial score (nSPS) is 10.6. The Morgan fingerprint density at radius 3 is 2.61 bits per heavy atom. The second-order valence-corrected chi connectivity index (χ2v) is 4.75. The number of rotatable bonds is 6.